The molecule has 1 atom stereocenters. The molecule has 16 heavy (non-hydrogen) atoms. The predicted molar refractivity (Wildman–Crippen MR) is 60.4 cm³/mol. The molecule has 4 heteroatoms. The number of rotatable bonds is 3. The number of β-amino-alcohol motifs (C(OH)–C–C–N with tert-alkyl or cyclic N) is 1. The van der Waals surface area contributed by atoms with Gasteiger partial charge in [0.15, 0.2) is 0 Å². The Bertz CT molecular complexity index is 375. The van der Waals surface area contributed by atoms with Gasteiger partial charge in [-0.15, -0.1) is 0 Å². The lowest BCUT2D eigenvalue weighted by Gasteiger charge is -2.15. The molecule has 0 bridgehead atoms. The third-order valence-corrected chi connectivity index (χ3v) is 2.83. The Balaban J connectivity index is 2.01. The highest BCUT2D eigenvalue weighted by Gasteiger charge is 2.27. The molecule has 0 spiro atoms. The lowest BCUT2D eigenvalue weighted by Crippen LogP contribution is -2.25. The smallest absolute Gasteiger partial charge is 0.225 e. The molecule has 2 rings (SSSR count). The van der Waals surface area contributed by atoms with Gasteiger partial charge in [0, 0.05) is 19.6 Å². The van der Waals surface area contributed by atoms with Crippen LogP contribution in [0.5, 0.6) is 0 Å². The Labute approximate surface area is 94.7 Å². The van der Waals surface area contributed by atoms with Gasteiger partial charge < -0.3 is 15.7 Å². The van der Waals surface area contributed by atoms with Crippen molar-refractivity contribution in [3.63, 3.8) is 0 Å². The van der Waals surface area contributed by atoms with Gasteiger partial charge in [0.2, 0.25) is 5.91 Å². The Morgan fingerprint density at radius 3 is 2.44 bits per heavy atom. The van der Waals surface area contributed by atoms with E-state index in [2.05, 4.69) is 0 Å². The van der Waals surface area contributed by atoms with Gasteiger partial charge in [0.25, 0.3) is 0 Å². The number of amides is 1. The second-order valence-electron chi connectivity index (χ2n) is 4.15. The highest BCUT2D eigenvalue weighted by molar-refractivity contribution is 5.79. The van der Waals surface area contributed by atoms with Gasteiger partial charge in [0.1, 0.15) is 0 Å². The number of hydrogen-bond acceptors (Lipinski definition) is 3. The van der Waals surface area contributed by atoms with Crippen molar-refractivity contribution < 1.29 is 9.90 Å². The quantitative estimate of drug-likeness (QED) is 0.766. The molecule has 1 aliphatic rings. The van der Waals surface area contributed by atoms with Gasteiger partial charge in [-0.2, -0.15) is 0 Å². The van der Waals surface area contributed by atoms with E-state index in [1.54, 1.807) is 4.90 Å². The standard InChI is InChI=1S/C12H16N2O2/c13-6-9-1-3-10(4-2-9)7-14-8-11(15)5-12(14)16/h1-4,11,15H,5-8,13H2. The van der Waals surface area contributed by atoms with Gasteiger partial charge in [0.05, 0.1) is 12.5 Å². The fourth-order valence-corrected chi connectivity index (χ4v) is 1.91. The number of carbonyl (C=O) groups excluding carboxylic acids is 1. The molecule has 1 aliphatic heterocycles. The number of carbonyl (C=O) groups is 1. The van der Waals surface area contributed by atoms with Gasteiger partial charge in [-0.3, -0.25) is 4.79 Å². The van der Waals surface area contributed by atoms with Crippen LogP contribution < -0.4 is 5.73 Å². The third-order valence-electron chi connectivity index (χ3n) is 2.83. The van der Waals surface area contributed by atoms with Crippen LogP contribution in [0.3, 0.4) is 0 Å². The lowest BCUT2D eigenvalue weighted by atomic mass is 10.1. The maximum Gasteiger partial charge on any atom is 0.225 e. The van der Waals surface area contributed by atoms with Crippen LogP contribution in [0.2, 0.25) is 0 Å². The summed E-state index contributed by atoms with van der Waals surface area (Å²) in [6.45, 7) is 1.54. The Kier molecular flexibility index (Phi) is 3.22. The topological polar surface area (TPSA) is 66.6 Å². The molecule has 0 radical (unpaired) electrons. The molecule has 1 aromatic rings. The first-order chi connectivity index (χ1) is 7.69. The van der Waals surface area contributed by atoms with E-state index in [9.17, 15) is 9.90 Å². The minimum atomic E-state index is -0.504. The van der Waals surface area contributed by atoms with E-state index >= 15 is 0 Å². The number of benzene rings is 1. The molecule has 1 unspecified atom stereocenters. The molecule has 1 amide bonds. The zero-order valence-corrected chi connectivity index (χ0v) is 9.10. The van der Waals surface area contributed by atoms with Gasteiger partial charge in [-0.05, 0) is 11.1 Å². The van der Waals surface area contributed by atoms with Crippen LogP contribution in [0, 0.1) is 0 Å². The predicted octanol–water partition coefficient (Wildman–Crippen LogP) is 0.238. The molecule has 0 saturated carbocycles. The van der Waals surface area contributed by atoms with E-state index < -0.39 is 6.10 Å². The molecular weight excluding hydrogens is 204 g/mol. The van der Waals surface area contributed by atoms with Crippen molar-refractivity contribution >= 4 is 5.91 Å². The van der Waals surface area contributed by atoms with Gasteiger partial charge in [-0.1, -0.05) is 24.3 Å². The number of nitrogens with two attached hydrogens (primary N) is 1. The first-order valence-corrected chi connectivity index (χ1v) is 5.43. The van der Waals surface area contributed by atoms with E-state index in [1.165, 1.54) is 0 Å². The van der Waals surface area contributed by atoms with Crippen LogP contribution in [0.1, 0.15) is 17.5 Å². The molecule has 1 saturated heterocycles. The summed E-state index contributed by atoms with van der Waals surface area (Å²) in [6, 6.07) is 7.87. The van der Waals surface area contributed by atoms with Crippen molar-refractivity contribution in [2.75, 3.05) is 6.54 Å². The zero-order chi connectivity index (χ0) is 11.5. The first-order valence-electron chi connectivity index (χ1n) is 5.43. The van der Waals surface area contributed by atoms with Crippen LogP contribution >= 0.6 is 0 Å². The maximum atomic E-state index is 11.5. The molecular formula is C12H16N2O2. The fourth-order valence-electron chi connectivity index (χ4n) is 1.91. The average molecular weight is 220 g/mol. The Morgan fingerprint density at radius 2 is 1.94 bits per heavy atom. The minimum Gasteiger partial charge on any atom is -0.391 e. The summed E-state index contributed by atoms with van der Waals surface area (Å²) in [7, 11) is 0. The average Bonchev–Trinajstić information content (AvgIpc) is 2.59. The lowest BCUT2D eigenvalue weighted by molar-refractivity contribution is -0.128. The number of likely N-dealkylation sites (tertiary alicyclic amines) is 1. The second kappa shape index (κ2) is 4.63. The maximum absolute atomic E-state index is 11.5. The largest absolute Gasteiger partial charge is 0.391 e. The molecule has 1 fully saturated rings. The summed E-state index contributed by atoms with van der Waals surface area (Å²) in [5.41, 5.74) is 7.66. The van der Waals surface area contributed by atoms with Crippen molar-refractivity contribution in [2.24, 2.45) is 5.73 Å². The third kappa shape index (κ3) is 2.40. The number of aliphatic hydroxyl groups excluding tert-OH is 1. The van der Waals surface area contributed by atoms with Crippen molar-refractivity contribution in [3.05, 3.63) is 35.4 Å². The summed E-state index contributed by atoms with van der Waals surface area (Å²) >= 11 is 0. The summed E-state index contributed by atoms with van der Waals surface area (Å²) in [6.07, 6.45) is -0.253. The van der Waals surface area contributed by atoms with Crippen LogP contribution in [0.15, 0.2) is 24.3 Å². The zero-order valence-electron chi connectivity index (χ0n) is 9.10. The SMILES string of the molecule is NCc1ccc(CN2CC(O)CC2=O)cc1. The van der Waals surface area contributed by atoms with Gasteiger partial charge >= 0.3 is 0 Å². The normalized spacial score (nSPS) is 20.5. The van der Waals surface area contributed by atoms with Crippen molar-refractivity contribution in [3.8, 4) is 0 Å². The van der Waals surface area contributed by atoms with Crippen LogP contribution in [-0.4, -0.2) is 28.6 Å². The summed E-state index contributed by atoms with van der Waals surface area (Å²) in [5, 5.41) is 9.35. The number of aliphatic hydroxyl groups is 1. The van der Waals surface area contributed by atoms with Crippen molar-refractivity contribution in [1.82, 2.24) is 4.90 Å². The first kappa shape index (κ1) is 11.1. The van der Waals surface area contributed by atoms with Crippen LogP contribution in [0.4, 0.5) is 0 Å². The highest BCUT2D eigenvalue weighted by Crippen LogP contribution is 2.15. The summed E-state index contributed by atoms with van der Waals surface area (Å²) in [5.74, 6) is 0.0235. The summed E-state index contributed by atoms with van der Waals surface area (Å²) < 4.78 is 0. The highest BCUT2D eigenvalue weighted by atomic mass is 16.3. The molecule has 1 heterocycles. The second-order valence-corrected chi connectivity index (χ2v) is 4.15. The monoisotopic (exact) mass is 220 g/mol. The van der Waals surface area contributed by atoms with Crippen LogP contribution in [-0.2, 0) is 17.9 Å². The molecule has 86 valence electrons. The van der Waals surface area contributed by atoms with E-state index in [4.69, 9.17) is 5.73 Å². The van der Waals surface area contributed by atoms with E-state index in [1.807, 2.05) is 24.3 Å². The minimum absolute atomic E-state index is 0.0235. The fraction of sp³-hybridized carbons (Fsp3) is 0.417. The Morgan fingerprint density at radius 1 is 1.31 bits per heavy atom. The van der Waals surface area contributed by atoms with Crippen LogP contribution in [0.25, 0.3) is 0 Å². The molecule has 0 aromatic heterocycles. The molecule has 1 aromatic carbocycles. The molecule has 3 N–H and O–H groups in total. The Hall–Kier alpha value is -1.39. The van der Waals surface area contributed by atoms with E-state index in [0.29, 0.717) is 19.6 Å². The molecule has 0 aliphatic carbocycles. The number of hydrogen-bond donors (Lipinski definition) is 2. The molecule has 4 nitrogen and oxygen atoms in total. The summed E-state index contributed by atoms with van der Waals surface area (Å²) in [4.78, 5) is 13.1. The van der Waals surface area contributed by atoms with Gasteiger partial charge in [-0.25, -0.2) is 0 Å². The van der Waals surface area contributed by atoms with E-state index in [-0.39, 0.29) is 12.3 Å². The van der Waals surface area contributed by atoms with E-state index in [0.717, 1.165) is 11.1 Å². The van der Waals surface area contributed by atoms with Crippen molar-refractivity contribution in [2.45, 2.75) is 25.6 Å². The van der Waals surface area contributed by atoms with Crippen molar-refractivity contribution in [1.29, 1.82) is 0 Å². The number of nitrogens with zero attached hydrogens (tertiary/aromatic N) is 1.